The van der Waals surface area contributed by atoms with E-state index < -0.39 is 0 Å². The van der Waals surface area contributed by atoms with E-state index in [-0.39, 0.29) is 0 Å². The molecule has 0 fully saturated rings. The van der Waals surface area contributed by atoms with Crippen LogP contribution in [0.1, 0.15) is 19.4 Å². The highest BCUT2D eigenvalue weighted by atomic mass is 35.5. The molecule has 2 N–H and O–H groups in total. The normalized spacial score (nSPS) is 15.1. The lowest BCUT2D eigenvalue weighted by Gasteiger charge is -2.17. The Hall–Kier alpha value is -0.530. The van der Waals surface area contributed by atoms with Crippen LogP contribution in [-0.2, 0) is 6.42 Å². The number of rotatable bonds is 4. The zero-order valence-corrected chi connectivity index (χ0v) is 9.59. The van der Waals surface area contributed by atoms with Crippen molar-refractivity contribution in [3.05, 3.63) is 34.9 Å². The summed E-state index contributed by atoms with van der Waals surface area (Å²) in [6.45, 7) is 5.18. The van der Waals surface area contributed by atoms with Crippen LogP contribution in [0.3, 0.4) is 0 Å². The summed E-state index contributed by atoms with van der Waals surface area (Å²) in [7, 11) is 0. The van der Waals surface area contributed by atoms with E-state index in [4.69, 9.17) is 17.3 Å². The van der Waals surface area contributed by atoms with Crippen molar-refractivity contribution in [2.45, 2.75) is 20.3 Å². The molecule has 0 radical (unpaired) electrons. The van der Waals surface area contributed by atoms with Gasteiger partial charge in [-0.15, -0.1) is 0 Å². The second-order valence-electron chi connectivity index (χ2n) is 4.02. The van der Waals surface area contributed by atoms with Crippen LogP contribution in [-0.4, -0.2) is 6.54 Å². The van der Waals surface area contributed by atoms with Crippen LogP contribution >= 0.6 is 11.6 Å². The fourth-order valence-corrected chi connectivity index (χ4v) is 1.68. The average Bonchev–Trinajstić information content (AvgIpc) is 2.16. The van der Waals surface area contributed by atoms with Crippen molar-refractivity contribution in [2.24, 2.45) is 17.6 Å². The van der Waals surface area contributed by atoms with Crippen molar-refractivity contribution in [2.75, 3.05) is 6.54 Å². The Morgan fingerprint density at radius 1 is 1.29 bits per heavy atom. The van der Waals surface area contributed by atoms with Crippen LogP contribution in [0.5, 0.6) is 0 Å². The fraction of sp³-hybridized carbons (Fsp3) is 0.500. The molecular weight excluding hydrogens is 194 g/mol. The molecule has 0 aliphatic carbocycles. The first-order valence-corrected chi connectivity index (χ1v) is 5.45. The molecule has 0 aliphatic rings. The molecule has 1 aromatic rings. The van der Waals surface area contributed by atoms with Gasteiger partial charge in [0.2, 0.25) is 0 Å². The molecule has 2 atom stereocenters. The van der Waals surface area contributed by atoms with Gasteiger partial charge in [0.25, 0.3) is 0 Å². The van der Waals surface area contributed by atoms with E-state index in [9.17, 15) is 0 Å². The van der Waals surface area contributed by atoms with E-state index in [2.05, 4.69) is 19.9 Å². The minimum absolute atomic E-state index is 0.564. The highest BCUT2D eigenvalue weighted by Crippen LogP contribution is 2.18. The second-order valence-corrected chi connectivity index (χ2v) is 4.46. The molecule has 2 unspecified atom stereocenters. The first kappa shape index (κ1) is 11.5. The SMILES string of the molecule is CC(CN)C(C)Cc1cccc(Cl)c1. The largest absolute Gasteiger partial charge is 0.330 e. The molecule has 0 saturated carbocycles. The molecule has 0 spiro atoms. The van der Waals surface area contributed by atoms with Gasteiger partial charge in [0.1, 0.15) is 0 Å². The van der Waals surface area contributed by atoms with Crippen LogP contribution in [0.4, 0.5) is 0 Å². The number of hydrogen-bond acceptors (Lipinski definition) is 1. The van der Waals surface area contributed by atoms with E-state index in [1.165, 1.54) is 5.56 Å². The molecule has 0 bridgehead atoms. The summed E-state index contributed by atoms with van der Waals surface area (Å²) in [5.41, 5.74) is 6.93. The van der Waals surface area contributed by atoms with Crippen LogP contribution in [0.2, 0.25) is 5.02 Å². The van der Waals surface area contributed by atoms with Gasteiger partial charge in [0.05, 0.1) is 0 Å². The number of halogens is 1. The van der Waals surface area contributed by atoms with Gasteiger partial charge in [0.15, 0.2) is 0 Å². The summed E-state index contributed by atoms with van der Waals surface area (Å²) in [5, 5.41) is 0.815. The summed E-state index contributed by atoms with van der Waals surface area (Å²) >= 11 is 5.92. The van der Waals surface area contributed by atoms with Crippen molar-refractivity contribution < 1.29 is 0 Å². The molecule has 0 aromatic heterocycles. The minimum Gasteiger partial charge on any atom is -0.330 e. The molecule has 0 amide bonds. The Morgan fingerprint density at radius 2 is 2.00 bits per heavy atom. The highest BCUT2D eigenvalue weighted by Gasteiger charge is 2.10. The van der Waals surface area contributed by atoms with Gasteiger partial charge in [-0.3, -0.25) is 0 Å². The van der Waals surface area contributed by atoms with E-state index in [0.717, 1.165) is 18.0 Å². The molecule has 2 heteroatoms. The van der Waals surface area contributed by atoms with E-state index in [1.807, 2.05) is 18.2 Å². The minimum atomic E-state index is 0.564. The number of benzene rings is 1. The Labute approximate surface area is 91.3 Å². The summed E-state index contributed by atoms with van der Waals surface area (Å²) in [6.07, 6.45) is 1.05. The van der Waals surface area contributed by atoms with Gasteiger partial charge < -0.3 is 5.73 Å². The van der Waals surface area contributed by atoms with Gasteiger partial charge >= 0.3 is 0 Å². The lowest BCUT2D eigenvalue weighted by Crippen LogP contribution is -2.20. The molecule has 78 valence electrons. The molecule has 14 heavy (non-hydrogen) atoms. The van der Waals surface area contributed by atoms with Crippen molar-refractivity contribution in [3.63, 3.8) is 0 Å². The molecule has 0 heterocycles. The number of hydrogen-bond donors (Lipinski definition) is 1. The zero-order chi connectivity index (χ0) is 10.6. The third-order valence-electron chi connectivity index (χ3n) is 2.79. The first-order chi connectivity index (χ1) is 6.63. The summed E-state index contributed by atoms with van der Waals surface area (Å²) < 4.78 is 0. The Kier molecular flexibility index (Phi) is 4.43. The number of nitrogens with two attached hydrogens (primary N) is 1. The molecule has 0 saturated heterocycles. The first-order valence-electron chi connectivity index (χ1n) is 5.08. The lowest BCUT2D eigenvalue weighted by molar-refractivity contribution is 0.394. The molecule has 0 aliphatic heterocycles. The standard InChI is InChI=1S/C12H18ClN/c1-9(10(2)8-14)6-11-4-3-5-12(13)7-11/h3-5,7,9-10H,6,8,14H2,1-2H3. The maximum absolute atomic E-state index is 5.92. The fourth-order valence-electron chi connectivity index (χ4n) is 1.47. The van der Waals surface area contributed by atoms with Crippen molar-refractivity contribution >= 4 is 11.6 Å². The maximum atomic E-state index is 5.92. The predicted molar refractivity (Wildman–Crippen MR) is 62.5 cm³/mol. The Bertz CT molecular complexity index is 285. The highest BCUT2D eigenvalue weighted by molar-refractivity contribution is 6.30. The zero-order valence-electron chi connectivity index (χ0n) is 8.83. The summed E-state index contributed by atoms with van der Waals surface area (Å²) in [4.78, 5) is 0. The van der Waals surface area contributed by atoms with Crippen molar-refractivity contribution in [3.8, 4) is 0 Å². The predicted octanol–water partition coefficient (Wildman–Crippen LogP) is 3.11. The van der Waals surface area contributed by atoms with E-state index in [0.29, 0.717) is 11.8 Å². The van der Waals surface area contributed by atoms with Gasteiger partial charge in [-0.2, -0.15) is 0 Å². The smallest absolute Gasteiger partial charge is 0.0408 e. The van der Waals surface area contributed by atoms with Crippen LogP contribution in [0.25, 0.3) is 0 Å². The van der Waals surface area contributed by atoms with Gasteiger partial charge in [-0.25, -0.2) is 0 Å². The molecule has 1 rings (SSSR count). The average molecular weight is 212 g/mol. The van der Waals surface area contributed by atoms with Crippen molar-refractivity contribution in [1.82, 2.24) is 0 Å². The maximum Gasteiger partial charge on any atom is 0.0408 e. The Balaban J connectivity index is 2.60. The second kappa shape index (κ2) is 5.38. The van der Waals surface area contributed by atoms with Crippen molar-refractivity contribution in [1.29, 1.82) is 0 Å². The monoisotopic (exact) mass is 211 g/mol. The third kappa shape index (κ3) is 3.32. The Morgan fingerprint density at radius 3 is 2.57 bits per heavy atom. The van der Waals surface area contributed by atoms with Gasteiger partial charge in [-0.05, 0) is 42.5 Å². The molecule has 1 nitrogen and oxygen atoms in total. The summed E-state index contributed by atoms with van der Waals surface area (Å²) in [5.74, 6) is 1.17. The van der Waals surface area contributed by atoms with E-state index in [1.54, 1.807) is 0 Å². The van der Waals surface area contributed by atoms with Crippen LogP contribution in [0, 0.1) is 11.8 Å². The molecule has 1 aromatic carbocycles. The lowest BCUT2D eigenvalue weighted by atomic mass is 9.90. The van der Waals surface area contributed by atoms with Crippen LogP contribution < -0.4 is 5.73 Å². The quantitative estimate of drug-likeness (QED) is 0.814. The topological polar surface area (TPSA) is 26.0 Å². The van der Waals surface area contributed by atoms with Crippen LogP contribution in [0.15, 0.2) is 24.3 Å². The van der Waals surface area contributed by atoms with Gasteiger partial charge in [-0.1, -0.05) is 37.6 Å². The summed E-state index contributed by atoms with van der Waals surface area (Å²) in [6, 6.07) is 8.05. The third-order valence-corrected chi connectivity index (χ3v) is 3.02. The molecular formula is C12H18ClN. The van der Waals surface area contributed by atoms with Gasteiger partial charge in [0, 0.05) is 5.02 Å². The van der Waals surface area contributed by atoms with E-state index >= 15 is 0 Å².